The fraction of sp³-hybridized carbons (Fsp3) is 0.458. The highest BCUT2D eigenvalue weighted by molar-refractivity contribution is 5.81. The van der Waals surface area contributed by atoms with Crippen LogP contribution >= 0.6 is 0 Å². The summed E-state index contributed by atoms with van der Waals surface area (Å²) in [7, 11) is 0. The van der Waals surface area contributed by atoms with Crippen LogP contribution in [0.1, 0.15) is 56.8 Å². The summed E-state index contributed by atoms with van der Waals surface area (Å²) in [5.74, 6) is 2.01. The molecule has 2 aromatic carbocycles. The van der Waals surface area contributed by atoms with Crippen LogP contribution in [0.25, 0.3) is 0 Å². The van der Waals surface area contributed by atoms with Gasteiger partial charge < -0.3 is 19.5 Å². The number of amides is 1. The summed E-state index contributed by atoms with van der Waals surface area (Å²) in [4.78, 5) is 12.8. The van der Waals surface area contributed by atoms with Crippen molar-refractivity contribution in [3.8, 4) is 17.2 Å². The zero-order valence-corrected chi connectivity index (χ0v) is 18.4. The van der Waals surface area contributed by atoms with Crippen LogP contribution in [0.15, 0.2) is 36.4 Å². The standard InChI is InChI=1S/C24H33NO4/c1-7-20(29-21-12-10-11-16(4)17(21)5)24(26)25-18(6)19-13-14-22(27-8-2)23(15-19)28-9-3/h10-15,18,20H,7-9H2,1-6H3,(H,25,26). The molecular formula is C24H33NO4. The molecule has 0 heterocycles. The van der Waals surface area contributed by atoms with Crippen molar-refractivity contribution in [2.24, 2.45) is 0 Å². The fourth-order valence-corrected chi connectivity index (χ4v) is 3.05. The molecule has 5 nitrogen and oxygen atoms in total. The Labute approximate surface area is 174 Å². The van der Waals surface area contributed by atoms with Gasteiger partial charge in [0.15, 0.2) is 17.6 Å². The van der Waals surface area contributed by atoms with E-state index in [0.29, 0.717) is 31.1 Å². The highest BCUT2D eigenvalue weighted by Crippen LogP contribution is 2.31. The van der Waals surface area contributed by atoms with E-state index < -0.39 is 6.10 Å². The minimum absolute atomic E-state index is 0.132. The number of carbonyl (C=O) groups is 1. The molecule has 0 radical (unpaired) electrons. The second-order valence-electron chi connectivity index (χ2n) is 7.02. The van der Waals surface area contributed by atoms with Crippen LogP contribution < -0.4 is 19.5 Å². The van der Waals surface area contributed by atoms with Gasteiger partial charge >= 0.3 is 0 Å². The van der Waals surface area contributed by atoms with Gasteiger partial charge in [-0.25, -0.2) is 0 Å². The number of rotatable bonds is 10. The molecular weight excluding hydrogens is 366 g/mol. The lowest BCUT2D eigenvalue weighted by atomic mass is 10.1. The number of carbonyl (C=O) groups excluding carboxylic acids is 1. The van der Waals surface area contributed by atoms with E-state index in [4.69, 9.17) is 14.2 Å². The maximum absolute atomic E-state index is 12.8. The van der Waals surface area contributed by atoms with Crippen molar-refractivity contribution in [2.45, 2.75) is 60.1 Å². The summed E-state index contributed by atoms with van der Waals surface area (Å²) in [5.41, 5.74) is 3.15. The Morgan fingerprint density at radius 2 is 1.66 bits per heavy atom. The Balaban J connectivity index is 2.11. The first kappa shape index (κ1) is 22.6. The van der Waals surface area contributed by atoms with Gasteiger partial charge in [-0.05, 0) is 75.9 Å². The van der Waals surface area contributed by atoms with Crippen LogP contribution in [0.2, 0.25) is 0 Å². The van der Waals surface area contributed by atoms with E-state index in [1.165, 1.54) is 0 Å². The first-order valence-corrected chi connectivity index (χ1v) is 10.3. The lowest BCUT2D eigenvalue weighted by Gasteiger charge is -2.22. The van der Waals surface area contributed by atoms with Gasteiger partial charge in [0.05, 0.1) is 19.3 Å². The van der Waals surface area contributed by atoms with Crippen LogP contribution in [0.3, 0.4) is 0 Å². The number of nitrogens with one attached hydrogen (secondary N) is 1. The number of ether oxygens (including phenoxy) is 3. The Kier molecular flexibility index (Phi) is 8.37. The van der Waals surface area contributed by atoms with E-state index >= 15 is 0 Å². The third-order valence-electron chi connectivity index (χ3n) is 4.91. The van der Waals surface area contributed by atoms with Crippen molar-refractivity contribution in [1.82, 2.24) is 5.32 Å². The van der Waals surface area contributed by atoms with E-state index in [1.807, 2.05) is 77.9 Å². The van der Waals surface area contributed by atoms with E-state index in [1.54, 1.807) is 0 Å². The minimum atomic E-state index is -0.549. The zero-order valence-electron chi connectivity index (χ0n) is 18.4. The molecule has 2 aromatic rings. The molecule has 0 saturated heterocycles. The molecule has 1 N–H and O–H groups in total. The van der Waals surface area contributed by atoms with Crippen molar-refractivity contribution in [3.05, 3.63) is 53.1 Å². The first-order chi connectivity index (χ1) is 13.9. The molecule has 5 heteroatoms. The smallest absolute Gasteiger partial charge is 0.261 e. The van der Waals surface area contributed by atoms with Gasteiger partial charge in [0.25, 0.3) is 5.91 Å². The molecule has 0 aliphatic heterocycles. The maximum atomic E-state index is 12.8. The summed E-state index contributed by atoms with van der Waals surface area (Å²) >= 11 is 0. The Bertz CT molecular complexity index is 819. The highest BCUT2D eigenvalue weighted by atomic mass is 16.5. The van der Waals surface area contributed by atoms with Crippen LogP contribution in [-0.2, 0) is 4.79 Å². The number of hydrogen-bond donors (Lipinski definition) is 1. The molecule has 2 unspecified atom stereocenters. The van der Waals surface area contributed by atoms with Gasteiger partial charge in [0.2, 0.25) is 0 Å². The SMILES string of the molecule is CCOc1ccc(C(C)NC(=O)C(CC)Oc2cccc(C)c2C)cc1OCC. The molecule has 0 aromatic heterocycles. The highest BCUT2D eigenvalue weighted by Gasteiger charge is 2.22. The van der Waals surface area contributed by atoms with Gasteiger partial charge in [-0.3, -0.25) is 4.79 Å². The number of hydrogen-bond acceptors (Lipinski definition) is 4. The largest absolute Gasteiger partial charge is 0.490 e. The van der Waals surface area contributed by atoms with Gasteiger partial charge in [-0.15, -0.1) is 0 Å². The van der Waals surface area contributed by atoms with Crippen molar-refractivity contribution < 1.29 is 19.0 Å². The van der Waals surface area contributed by atoms with Crippen molar-refractivity contribution in [3.63, 3.8) is 0 Å². The number of benzene rings is 2. The monoisotopic (exact) mass is 399 g/mol. The molecule has 0 aliphatic carbocycles. The molecule has 0 spiro atoms. The summed E-state index contributed by atoms with van der Waals surface area (Å²) in [5, 5.41) is 3.06. The Morgan fingerprint density at radius 3 is 2.31 bits per heavy atom. The lowest BCUT2D eigenvalue weighted by Crippen LogP contribution is -2.39. The summed E-state index contributed by atoms with van der Waals surface area (Å²) in [6.07, 6.45) is 0.0337. The third-order valence-corrected chi connectivity index (χ3v) is 4.91. The molecule has 2 rings (SSSR count). The predicted octanol–water partition coefficient (Wildman–Crippen LogP) is 5.14. The van der Waals surface area contributed by atoms with Gasteiger partial charge in [0, 0.05) is 0 Å². The fourth-order valence-electron chi connectivity index (χ4n) is 3.05. The number of aryl methyl sites for hydroxylation is 1. The van der Waals surface area contributed by atoms with Crippen LogP contribution in [-0.4, -0.2) is 25.2 Å². The van der Waals surface area contributed by atoms with E-state index in [0.717, 1.165) is 22.4 Å². The zero-order chi connectivity index (χ0) is 21.4. The molecule has 0 fully saturated rings. The second-order valence-corrected chi connectivity index (χ2v) is 7.02. The summed E-state index contributed by atoms with van der Waals surface area (Å²) < 4.78 is 17.3. The van der Waals surface area contributed by atoms with E-state index in [2.05, 4.69) is 5.32 Å². The average molecular weight is 400 g/mol. The van der Waals surface area contributed by atoms with Crippen LogP contribution in [0, 0.1) is 13.8 Å². The van der Waals surface area contributed by atoms with Crippen LogP contribution in [0.5, 0.6) is 17.2 Å². The molecule has 29 heavy (non-hydrogen) atoms. The Hall–Kier alpha value is -2.69. The first-order valence-electron chi connectivity index (χ1n) is 10.3. The minimum Gasteiger partial charge on any atom is -0.490 e. The summed E-state index contributed by atoms with van der Waals surface area (Å²) in [6, 6.07) is 11.5. The molecule has 158 valence electrons. The maximum Gasteiger partial charge on any atom is 0.261 e. The van der Waals surface area contributed by atoms with Gasteiger partial charge in [-0.2, -0.15) is 0 Å². The normalized spacial score (nSPS) is 12.8. The van der Waals surface area contributed by atoms with E-state index in [9.17, 15) is 4.79 Å². The predicted molar refractivity (Wildman–Crippen MR) is 116 cm³/mol. The lowest BCUT2D eigenvalue weighted by molar-refractivity contribution is -0.128. The van der Waals surface area contributed by atoms with E-state index in [-0.39, 0.29) is 11.9 Å². The average Bonchev–Trinajstić information content (AvgIpc) is 2.70. The van der Waals surface area contributed by atoms with Crippen molar-refractivity contribution >= 4 is 5.91 Å². The molecule has 1 amide bonds. The molecule has 2 atom stereocenters. The summed E-state index contributed by atoms with van der Waals surface area (Å²) in [6.45, 7) is 12.9. The second kappa shape index (κ2) is 10.7. The molecule has 0 saturated carbocycles. The third kappa shape index (κ3) is 5.89. The molecule has 0 bridgehead atoms. The van der Waals surface area contributed by atoms with Crippen LogP contribution in [0.4, 0.5) is 0 Å². The quantitative estimate of drug-likeness (QED) is 0.601. The van der Waals surface area contributed by atoms with Crippen molar-refractivity contribution in [1.29, 1.82) is 0 Å². The Morgan fingerprint density at radius 1 is 0.966 bits per heavy atom. The topological polar surface area (TPSA) is 56.8 Å². The van der Waals surface area contributed by atoms with Crippen molar-refractivity contribution in [2.75, 3.05) is 13.2 Å². The van der Waals surface area contributed by atoms with Gasteiger partial charge in [0.1, 0.15) is 5.75 Å². The van der Waals surface area contributed by atoms with Gasteiger partial charge in [-0.1, -0.05) is 25.1 Å². The molecule has 0 aliphatic rings.